The molecule has 112 valence electrons. The third-order valence-electron chi connectivity index (χ3n) is 3.06. The average Bonchev–Trinajstić information content (AvgIpc) is 3.04. The molecule has 0 aliphatic carbocycles. The molecule has 4 nitrogen and oxygen atoms in total. The van der Waals surface area contributed by atoms with Crippen LogP contribution in [0.2, 0.25) is 0 Å². The molecular weight excluding hydrogens is 314 g/mol. The van der Waals surface area contributed by atoms with Gasteiger partial charge in [0.15, 0.2) is 0 Å². The lowest BCUT2D eigenvalue weighted by atomic mass is 10.2. The van der Waals surface area contributed by atoms with Crippen LogP contribution in [0.5, 0.6) is 0 Å². The standard InChI is InChI=1S/C16H15N3OS2/c1-11-18-14-7-3-2-6-13(14)16(19-11)22-10-15(20)17-9-12-5-4-8-21-12/h2-8H,9-10H2,1H3,(H,17,20). The second-order valence-corrected chi connectivity index (χ2v) is 6.73. The number of hydrogen-bond donors (Lipinski definition) is 1. The van der Waals surface area contributed by atoms with Gasteiger partial charge in [0, 0.05) is 10.3 Å². The van der Waals surface area contributed by atoms with Crippen molar-refractivity contribution in [2.24, 2.45) is 0 Å². The lowest BCUT2D eigenvalue weighted by molar-refractivity contribution is -0.118. The number of carbonyl (C=O) groups excluding carboxylic acids is 1. The van der Waals surface area contributed by atoms with Crippen molar-refractivity contribution in [1.82, 2.24) is 15.3 Å². The van der Waals surface area contributed by atoms with Crippen LogP contribution in [0, 0.1) is 6.92 Å². The fourth-order valence-electron chi connectivity index (χ4n) is 2.05. The minimum absolute atomic E-state index is 0.0127. The van der Waals surface area contributed by atoms with E-state index in [-0.39, 0.29) is 5.91 Å². The van der Waals surface area contributed by atoms with Crippen LogP contribution in [-0.4, -0.2) is 21.6 Å². The number of thiophene rings is 1. The number of amides is 1. The Hall–Kier alpha value is -1.92. The molecule has 0 saturated carbocycles. The summed E-state index contributed by atoms with van der Waals surface area (Å²) in [5, 5.41) is 6.78. The van der Waals surface area contributed by atoms with Gasteiger partial charge in [0.25, 0.3) is 0 Å². The molecule has 0 aliphatic rings. The van der Waals surface area contributed by atoms with Gasteiger partial charge in [0.2, 0.25) is 5.91 Å². The molecule has 0 radical (unpaired) electrons. The number of aryl methyl sites for hydroxylation is 1. The van der Waals surface area contributed by atoms with Crippen molar-refractivity contribution >= 4 is 39.9 Å². The van der Waals surface area contributed by atoms with Gasteiger partial charge < -0.3 is 5.32 Å². The number of hydrogen-bond acceptors (Lipinski definition) is 5. The number of nitrogens with zero attached hydrogens (tertiary/aromatic N) is 2. The van der Waals surface area contributed by atoms with Crippen LogP contribution in [0.15, 0.2) is 46.8 Å². The van der Waals surface area contributed by atoms with Crippen LogP contribution >= 0.6 is 23.1 Å². The fourth-order valence-corrected chi connectivity index (χ4v) is 3.59. The van der Waals surface area contributed by atoms with Crippen LogP contribution in [0.1, 0.15) is 10.7 Å². The summed E-state index contributed by atoms with van der Waals surface area (Å²) in [7, 11) is 0. The van der Waals surface area contributed by atoms with Gasteiger partial charge >= 0.3 is 0 Å². The van der Waals surface area contributed by atoms with Gasteiger partial charge in [0.05, 0.1) is 17.8 Å². The van der Waals surface area contributed by atoms with Crippen molar-refractivity contribution in [2.75, 3.05) is 5.75 Å². The van der Waals surface area contributed by atoms with Gasteiger partial charge in [-0.1, -0.05) is 36.0 Å². The van der Waals surface area contributed by atoms with E-state index in [4.69, 9.17) is 0 Å². The highest BCUT2D eigenvalue weighted by Crippen LogP contribution is 2.24. The quantitative estimate of drug-likeness (QED) is 0.576. The maximum absolute atomic E-state index is 12.0. The van der Waals surface area contributed by atoms with Crippen LogP contribution in [0.3, 0.4) is 0 Å². The third kappa shape index (κ3) is 3.64. The Morgan fingerprint density at radius 3 is 2.91 bits per heavy atom. The molecule has 0 saturated heterocycles. The van der Waals surface area contributed by atoms with E-state index in [9.17, 15) is 4.79 Å². The Morgan fingerprint density at radius 1 is 1.23 bits per heavy atom. The van der Waals surface area contributed by atoms with E-state index in [2.05, 4.69) is 15.3 Å². The number of aromatic nitrogens is 2. The normalized spacial score (nSPS) is 10.8. The van der Waals surface area contributed by atoms with Crippen molar-refractivity contribution in [3.8, 4) is 0 Å². The van der Waals surface area contributed by atoms with Crippen LogP contribution in [-0.2, 0) is 11.3 Å². The first kappa shape index (κ1) is 15.0. The van der Waals surface area contributed by atoms with Gasteiger partial charge in [0.1, 0.15) is 10.9 Å². The Morgan fingerprint density at radius 2 is 2.09 bits per heavy atom. The molecule has 22 heavy (non-hydrogen) atoms. The summed E-state index contributed by atoms with van der Waals surface area (Å²) in [4.78, 5) is 22.0. The summed E-state index contributed by atoms with van der Waals surface area (Å²) in [6.07, 6.45) is 0. The maximum Gasteiger partial charge on any atom is 0.230 e. The Balaban J connectivity index is 1.64. The van der Waals surface area contributed by atoms with E-state index < -0.39 is 0 Å². The minimum Gasteiger partial charge on any atom is -0.350 e. The molecule has 6 heteroatoms. The average molecular weight is 329 g/mol. The van der Waals surface area contributed by atoms with Crippen molar-refractivity contribution in [1.29, 1.82) is 0 Å². The molecule has 0 spiro atoms. The number of thioether (sulfide) groups is 1. The van der Waals surface area contributed by atoms with E-state index in [0.29, 0.717) is 12.3 Å². The Bertz CT molecular complexity index is 787. The van der Waals surface area contributed by atoms with E-state index >= 15 is 0 Å². The van der Waals surface area contributed by atoms with Crippen LogP contribution in [0.4, 0.5) is 0 Å². The SMILES string of the molecule is Cc1nc(SCC(=O)NCc2cccs2)c2ccccc2n1. The fraction of sp³-hybridized carbons (Fsp3) is 0.188. The van der Waals surface area contributed by atoms with Gasteiger partial charge in [-0.15, -0.1) is 11.3 Å². The van der Waals surface area contributed by atoms with Crippen molar-refractivity contribution in [3.05, 3.63) is 52.5 Å². The number of rotatable bonds is 5. The predicted octanol–water partition coefficient (Wildman–Crippen LogP) is 3.41. The van der Waals surface area contributed by atoms with Crippen molar-refractivity contribution < 1.29 is 4.79 Å². The van der Waals surface area contributed by atoms with E-state index in [1.54, 1.807) is 11.3 Å². The third-order valence-corrected chi connectivity index (χ3v) is 4.93. The van der Waals surface area contributed by atoms with Gasteiger partial charge in [-0.25, -0.2) is 9.97 Å². The lowest BCUT2D eigenvalue weighted by Crippen LogP contribution is -2.24. The monoisotopic (exact) mass is 329 g/mol. The number of nitrogens with one attached hydrogen (secondary N) is 1. The minimum atomic E-state index is 0.0127. The summed E-state index contributed by atoms with van der Waals surface area (Å²) in [6.45, 7) is 2.45. The predicted molar refractivity (Wildman–Crippen MR) is 91.2 cm³/mol. The molecule has 3 rings (SSSR count). The zero-order valence-electron chi connectivity index (χ0n) is 12.1. The summed E-state index contributed by atoms with van der Waals surface area (Å²) < 4.78 is 0. The van der Waals surface area contributed by atoms with E-state index in [1.165, 1.54) is 11.8 Å². The Kier molecular flexibility index (Phi) is 4.70. The zero-order valence-corrected chi connectivity index (χ0v) is 13.7. The Labute approximate surface area is 137 Å². The van der Waals surface area contributed by atoms with E-state index in [1.807, 2.05) is 48.7 Å². The number of carbonyl (C=O) groups is 1. The number of benzene rings is 1. The molecule has 0 aliphatic heterocycles. The number of para-hydroxylation sites is 1. The van der Waals surface area contributed by atoms with Gasteiger partial charge in [-0.05, 0) is 24.4 Å². The van der Waals surface area contributed by atoms with Crippen LogP contribution in [0.25, 0.3) is 10.9 Å². The molecule has 0 atom stereocenters. The highest BCUT2D eigenvalue weighted by molar-refractivity contribution is 8.00. The van der Waals surface area contributed by atoms with Crippen LogP contribution < -0.4 is 5.32 Å². The molecule has 2 heterocycles. The molecule has 1 aromatic carbocycles. The molecule has 1 amide bonds. The molecule has 1 N–H and O–H groups in total. The maximum atomic E-state index is 12.0. The van der Waals surface area contributed by atoms with Crippen molar-refractivity contribution in [3.63, 3.8) is 0 Å². The second kappa shape index (κ2) is 6.89. The highest BCUT2D eigenvalue weighted by atomic mass is 32.2. The molecule has 3 aromatic rings. The summed E-state index contributed by atoms with van der Waals surface area (Å²) in [5.74, 6) is 1.09. The first-order chi connectivity index (χ1) is 10.7. The van der Waals surface area contributed by atoms with E-state index in [0.717, 1.165) is 26.6 Å². The lowest BCUT2D eigenvalue weighted by Gasteiger charge is -2.07. The summed E-state index contributed by atoms with van der Waals surface area (Å²) in [6, 6.07) is 11.9. The highest BCUT2D eigenvalue weighted by Gasteiger charge is 2.09. The molecule has 0 bridgehead atoms. The smallest absolute Gasteiger partial charge is 0.230 e. The number of fused-ring (bicyclic) bond motifs is 1. The van der Waals surface area contributed by atoms with Gasteiger partial charge in [-0.2, -0.15) is 0 Å². The molecule has 2 aromatic heterocycles. The summed E-state index contributed by atoms with van der Waals surface area (Å²) in [5.41, 5.74) is 0.913. The van der Waals surface area contributed by atoms with Gasteiger partial charge in [-0.3, -0.25) is 4.79 Å². The second-order valence-electron chi connectivity index (χ2n) is 4.74. The first-order valence-corrected chi connectivity index (χ1v) is 8.74. The zero-order chi connectivity index (χ0) is 15.4. The topological polar surface area (TPSA) is 54.9 Å². The largest absolute Gasteiger partial charge is 0.350 e. The molecule has 0 unspecified atom stereocenters. The first-order valence-electron chi connectivity index (χ1n) is 6.87. The molecular formula is C16H15N3OS2. The summed E-state index contributed by atoms with van der Waals surface area (Å²) >= 11 is 3.09. The molecule has 0 fully saturated rings. The van der Waals surface area contributed by atoms with Crippen molar-refractivity contribution in [2.45, 2.75) is 18.5 Å².